The van der Waals surface area contributed by atoms with Crippen molar-refractivity contribution in [2.75, 3.05) is 11.5 Å². The molecule has 8 heteroatoms. The van der Waals surface area contributed by atoms with Crippen LogP contribution in [0.4, 0.5) is 0 Å². The van der Waals surface area contributed by atoms with Gasteiger partial charge in [-0.2, -0.15) is 5.10 Å². The van der Waals surface area contributed by atoms with Gasteiger partial charge >= 0.3 is 0 Å². The van der Waals surface area contributed by atoms with E-state index in [4.69, 9.17) is 0 Å². The minimum absolute atomic E-state index is 0.0599. The van der Waals surface area contributed by atoms with E-state index in [1.165, 1.54) is 11.4 Å². The van der Waals surface area contributed by atoms with Gasteiger partial charge in [0.05, 0.1) is 17.5 Å². The van der Waals surface area contributed by atoms with Crippen LogP contribution in [0.1, 0.15) is 45.4 Å². The first-order valence-corrected chi connectivity index (χ1v) is 10.1. The Morgan fingerprint density at radius 2 is 2.04 bits per heavy atom. The molecule has 0 bridgehead atoms. The molecular formula is C15H23N3O4S. The average molecular weight is 341 g/mol. The van der Waals surface area contributed by atoms with Gasteiger partial charge < -0.3 is 5.32 Å². The molecular weight excluding hydrogens is 318 g/mol. The van der Waals surface area contributed by atoms with Gasteiger partial charge in [-0.1, -0.05) is 6.42 Å². The standard InChI is InChI=1S/C15H23N3O4S/c1-10(11-3-2-4-11)16-15(20)13-5-6-14(19)18(17-13)12-7-8-23(21,22)9-12/h10-12H,2-9H2,1H3,(H,16,20)/t10-,12+/m0/s1. The Kier molecular flexibility index (Phi) is 4.44. The molecule has 0 aromatic rings. The Labute approximate surface area is 136 Å². The highest BCUT2D eigenvalue weighted by Gasteiger charge is 2.37. The van der Waals surface area contributed by atoms with Gasteiger partial charge in [0.25, 0.3) is 5.91 Å². The highest BCUT2D eigenvalue weighted by atomic mass is 32.2. The van der Waals surface area contributed by atoms with Gasteiger partial charge in [-0.3, -0.25) is 9.59 Å². The Morgan fingerprint density at radius 1 is 1.30 bits per heavy atom. The number of rotatable bonds is 4. The molecule has 2 amide bonds. The van der Waals surface area contributed by atoms with Crippen LogP contribution >= 0.6 is 0 Å². The Morgan fingerprint density at radius 3 is 2.61 bits per heavy atom. The van der Waals surface area contributed by atoms with Gasteiger partial charge in [0.15, 0.2) is 9.84 Å². The van der Waals surface area contributed by atoms with Gasteiger partial charge in [0, 0.05) is 18.9 Å². The maximum Gasteiger partial charge on any atom is 0.267 e. The van der Waals surface area contributed by atoms with E-state index in [2.05, 4.69) is 10.4 Å². The summed E-state index contributed by atoms with van der Waals surface area (Å²) in [5, 5.41) is 8.39. The zero-order valence-electron chi connectivity index (χ0n) is 13.3. The zero-order valence-corrected chi connectivity index (χ0v) is 14.1. The SMILES string of the molecule is C[C@H](NC(=O)C1=NN([C@@H]2CCS(=O)(=O)C2)C(=O)CC1)C1CCC1. The molecule has 2 atom stereocenters. The van der Waals surface area contributed by atoms with E-state index in [-0.39, 0.29) is 35.8 Å². The number of nitrogens with zero attached hydrogens (tertiary/aromatic N) is 2. The van der Waals surface area contributed by atoms with Gasteiger partial charge in [0.1, 0.15) is 5.71 Å². The highest BCUT2D eigenvalue weighted by Crippen LogP contribution is 2.29. The summed E-state index contributed by atoms with van der Waals surface area (Å²) in [7, 11) is -3.10. The number of hydrazone groups is 1. The minimum atomic E-state index is -3.10. The van der Waals surface area contributed by atoms with Crippen molar-refractivity contribution >= 4 is 27.4 Å². The van der Waals surface area contributed by atoms with Crippen molar-refractivity contribution in [1.82, 2.24) is 10.3 Å². The molecule has 0 unspecified atom stereocenters. The average Bonchev–Trinajstić information content (AvgIpc) is 2.77. The first-order valence-electron chi connectivity index (χ1n) is 8.26. The van der Waals surface area contributed by atoms with Crippen LogP contribution in [0.5, 0.6) is 0 Å². The van der Waals surface area contributed by atoms with E-state index in [1.54, 1.807) is 0 Å². The fourth-order valence-electron chi connectivity index (χ4n) is 3.34. The molecule has 2 aliphatic heterocycles. The van der Waals surface area contributed by atoms with Crippen molar-refractivity contribution in [2.45, 2.75) is 57.5 Å². The molecule has 1 aliphatic carbocycles. The van der Waals surface area contributed by atoms with E-state index in [9.17, 15) is 18.0 Å². The number of hydrogen-bond donors (Lipinski definition) is 1. The summed E-state index contributed by atoms with van der Waals surface area (Å²) in [6, 6.07) is -0.323. The first kappa shape index (κ1) is 16.4. The molecule has 7 nitrogen and oxygen atoms in total. The van der Waals surface area contributed by atoms with Gasteiger partial charge in [-0.05, 0) is 32.1 Å². The lowest BCUT2D eigenvalue weighted by molar-refractivity contribution is -0.133. The number of sulfone groups is 1. The summed E-state index contributed by atoms with van der Waals surface area (Å²) in [6.45, 7) is 2.00. The predicted molar refractivity (Wildman–Crippen MR) is 85.5 cm³/mol. The largest absolute Gasteiger partial charge is 0.348 e. The van der Waals surface area contributed by atoms with E-state index >= 15 is 0 Å². The van der Waals surface area contributed by atoms with Gasteiger partial charge in [-0.15, -0.1) is 0 Å². The third-order valence-electron chi connectivity index (χ3n) is 5.09. The van der Waals surface area contributed by atoms with Crippen molar-refractivity contribution < 1.29 is 18.0 Å². The van der Waals surface area contributed by atoms with Crippen LogP contribution in [0.2, 0.25) is 0 Å². The monoisotopic (exact) mass is 341 g/mol. The molecule has 23 heavy (non-hydrogen) atoms. The smallest absolute Gasteiger partial charge is 0.267 e. The summed E-state index contributed by atoms with van der Waals surface area (Å²) in [4.78, 5) is 24.4. The molecule has 0 radical (unpaired) electrons. The fourth-order valence-corrected chi connectivity index (χ4v) is 5.03. The van der Waals surface area contributed by atoms with Crippen LogP contribution in [0, 0.1) is 5.92 Å². The third-order valence-corrected chi connectivity index (χ3v) is 6.84. The molecule has 128 valence electrons. The van der Waals surface area contributed by atoms with E-state index in [0.717, 1.165) is 12.8 Å². The van der Waals surface area contributed by atoms with E-state index in [1.807, 2.05) is 6.92 Å². The molecule has 3 aliphatic rings. The van der Waals surface area contributed by atoms with E-state index in [0.29, 0.717) is 24.5 Å². The zero-order chi connectivity index (χ0) is 16.6. The lowest BCUT2D eigenvalue weighted by atomic mass is 9.80. The lowest BCUT2D eigenvalue weighted by Gasteiger charge is -2.32. The second kappa shape index (κ2) is 6.22. The summed E-state index contributed by atoms with van der Waals surface area (Å²) in [6.07, 6.45) is 4.41. The maximum absolute atomic E-state index is 12.3. The Bertz CT molecular complexity index is 639. The predicted octanol–water partition coefficient (Wildman–Crippen LogP) is 0.457. The van der Waals surface area contributed by atoms with Crippen LogP contribution in [-0.4, -0.2) is 54.5 Å². The summed E-state index contributed by atoms with van der Waals surface area (Å²) < 4.78 is 23.2. The lowest BCUT2D eigenvalue weighted by Crippen LogP contribution is -2.47. The second-order valence-electron chi connectivity index (χ2n) is 6.79. The molecule has 0 aromatic carbocycles. The first-order chi connectivity index (χ1) is 10.9. The molecule has 1 N–H and O–H groups in total. The molecule has 3 rings (SSSR count). The van der Waals surface area contributed by atoms with Crippen molar-refractivity contribution in [3.05, 3.63) is 0 Å². The normalized spacial score (nSPS) is 28.9. The van der Waals surface area contributed by atoms with Crippen LogP contribution in [0.15, 0.2) is 5.10 Å². The quantitative estimate of drug-likeness (QED) is 0.803. The number of carbonyl (C=O) groups excluding carboxylic acids is 2. The number of nitrogens with one attached hydrogen (secondary N) is 1. The summed E-state index contributed by atoms with van der Waals surface area (Å²) in [5.41, 5.74) is 0.333. The third kappa shape index (κ3) is 3.57. The minimum Gasteiger partial charge on any atom is -0.348 e. The van der Waals surface area contributed by atoms with Gasteiger partial charge in [-0.25, -0.2) is 13.4 Å². The van der Waals surface area contributed by atoms with Crippen molar-refractivity contribution in [1.29, 1.82) is 0 Å². The topological polar surface area (TPSA) is 95.9 Å². The molecule has 2 heterocycles. The molecule has 2 fully saturated rings. The van der Waals surface area contributed by atoms with Crippen LogP contribution in [0.3, 0.4) is 0 Å². The van der Waals surface area contributed by atoms with Crippen LogP contribution < -0.4 is 5.32 Å². The van der Waals surface area contributed by atoms with Crippen LogP contribution in [0.25, 0.3) is 0 Å². The summed E-state index contributed by atoms with van der Waals surface area (Å²) >= 11 is 0. The van der Waals surface area contributed by atoms with Crippen molar-refractivity contribution in [3.63, 3.8) is 0 Å². The molecule has 0 aromatic heterocycles. The summed E-state index contributed by atoms with van der Waals surface area (Å²) in [5.74, 6) is 0.117. The number of hydrogen-bond acceptors (Lipinski definition) is 5. The van der Waals surface area contributed by atoms with Crippen molar-refractivity contribution in [3.8, 4) is 0 Å². The van der Waals surface area contributed by atoms with Crippen LogP contribution in [-0.2, 0) is 19.4 Å². The Balaban J connectivity index is 1.68. The number of carbonyl (C=O) groups is 2. The fraction of sp³-hybridized carbons (Fsp3) is 0.800. The van der Waals surface area contributed by atoms with E-state index < -0.39 is 15.9 Å². The molecule has 0 spiro atoms. The maximum atomic E-state index is 12.3. The Hall–Kier alpha value is -1.44. The van der Waals surface area contributed by atoms with Gasteiger partial charge in [0.2, 0.25) is 5.91 Å². The number of amides is 2. The molecule has 1 saturated heterocycles. The molecule has 1 saturated carbocycles. The second-order valence-corrected chi connectivity index (χ2v) is 9.02. The van der Waals surface area contributed by atoms with Crippen molar-refractivity contribution in [2.24, 2.45) is 11.0 Å². The highest BCUT2D eigenvalue weighted by molar-refractivity contribution is 7.91.